The van der Waals surface area contributed by atoms with Crippen molar-refractivity contribution < 1.29 is 0 Å². The van der Waals surface area contributed by atoms with Gasteiger partial charge in [-0.15, -0.1) is 0 Å². The van der Waals surface area contributed by atoms with Gasteiger partial charge in [0.1, 0.15) is 50.6 Å². The van der Waals surface area contributed by atoms with E-state index in [1.165, 1.54) is 16.2 Å². The molecule has 3 heterocycles. The number of hydrogen-bond donors (Lipinski definition) is 0. The fourth-order valence-electron chi connectivity index (χ4n) is 9.46. The molecule has 0 N–H and O–H groups in total. The van der Waals surface area contributed by atoms with Crippen molar-refractivity contribution in [2.24, 2.45) is 0 Å². The van der Waals surface area contributed by atoms with Crippen LogP contribution in [0.5, 0.6) is 0 Å². The first-order chi connectivity index (χ1) is 31.2. The summed E-state index contributed by atoms with van der Waals surface area (Å²) in [5.74, 6) is 2.47. The van der Waals surface area contributed by atoms with Crippen molar-refractivity contribution >= 4 is 65.4 Å². The second-order valence-corrected chi connectivity index (χ2v) is 16.1. The molecule has 6 heteroatoms. The van der Waals surface area contributed by atoms with E-state index in [0.717, 1.165) is 100 Å². The van der Waals surface area contributed by atoms with Crippen LogP contribution in [0, 0.1) is 0 Å². The minimum absolute atomic E-state index is 0.815. The Kier molecular flexibility index (Phi) is 7.80. The summed E-state index contributed by atoms with van der Waals surface area (Å²) in [6.07, 6.45) is 0. The van der Waals surface area contributed by atoms with Crippen LogP contribution in [0.1, 0.15) is 0 Å². The van der Waals surface area contributed by atoms with Crippen LogP contribution >= 0.6 is 0 Å². The van der Waals surface area contributed by atoms with Crippen molar-refractivity contribution in [1.29, 1.82) is 0 Å². The van der Waals surface area contributed by atoms with E-state index in [4.69, 9.17) is 15.0 Å². The van der Waals surface area contributed by atoms with Gasteiger partial charge >= 0.3 is 0 Å². The van der Waals surface area contributed by atoms with Crippen molar-refractivity contribution in [2.45, 2.75) is 0 Å². The highest BCUT2D eigenvalue weighted by molar-refractivity contribution is 6.22. The minimum atomic E-state index is 0.815. The number of hydrogen-bond acceptors (Lipinski definition) is 3. The first kappa shape index (κ1) is 35.2. The number of imidazole rings is 3. The largest absolute Gasteiger partial charge is 0.290 e. The van der Waals surface area contributed by atoms with Gasteiger partial charge in [0, 0.05) is 33.8 Å². The molecule has 0 amide bonds. The summed E-state index contributed by atoms with van der Waals surface area (Å²) in [6.45, 7) is 0. The minimum Gasteiger partial charge on any atom is -0.290 e. The maximum absolute atomic E-state index is 5.77. The summed E-state index contributed by atoms with van der Waals surface area (Å²) >= 11 is 0. The molecule has 0 unspecified atom stereocenters. The lowest BCUT2D eigenvalue weighted by Gasteiger charge is -2.13. The zero-order chi connectivity index (χ0) is 41.4. The Hall–Kier alpha value is -8.61. The molecule has 0 aliphatic carbocycles. The summed E-state index contributed by atoms with van der Waals surface area (Å²) in [5, 5.41) is 6.98. The number of aromatic nitrogens is 6. The molecular formula is C57H36N6. The molecule has 0 aliphatic rings. The third-order valence-corrected chi connectivity index (χ3v) is 12.4. The predicted molar refractivity (Wildman–Crippen MR) is 259 cm³/mol. The Morgan fingerprint density at radius 1 is 0.238 bits per heavy atom. The van der Waals surface area contributed by atoms with Crippen molar-refractivity contribution in [2.75, 3.05) is 0 Å². The van der Waals surface area contributed by atoms with Crippen LogP contribution in [0.4, 0.5) is 0 Å². The molecule has 0 radical (unpaired) electrons. The fourth-order valence-corrected chi connectivity index (χ4v) is 9.46. The van der Waals surface area contributed by atoms with Gasteiger partial charge in [0.25, 0.3) is 0 Å². The molecule has 13 rings (SSSR count). The van der Waals surface area contributed by atoms with Crippen molar-refractivity contribution in [3.8, 4) is 51.2 Å². The summed E-state index contributed by atoms with van der Waals surface area (Å²) in [6, 6.07) is 77.1. The molecule has 0 aliphatic heterocycles. The van der Waals surface area contributed by atoms with Gasteiger partial charge in [-0.3, -0.25) is 13.7 Å². The summed E-state index contributed by atoms with van der Waals surface area (Å²) in [7, 11) is 0. The lowest BCUT2D eigenvalue weighted by molar-refractivity contribution is 1.10. The van der Waals surface area contributed by atoms with Gasteiger partial charge in [0.2, 0.25) is 0 Å². The van der Waals surface area contributed by atoms with E-state index in [1.807, 2.05) is 0 Å². The van der Waals surface area contributed by atoms with E-state index in [2.05, 4.69) is 232 Å². The number of fused-ring (bicyclic) bond motifs is 9. The molecule has 0 saturated carbocycles. The van der Waals surface area contributed by atoms with Crippen LogP contribution in [-0.2, 0) is 0 Å². The third kappa shape index (κ3) is 5.55. The smallest absolute Gasteiger partial charge is 0.145 e. The lowest BCUT2D eigenvalue weighted by Crippen LogP contribution is -2.00. The molecule has 13 aromatic rings. The normalized spacial score (nSPS) is 11.8. The molecule has 0 spiro atoms. The molecule has 0 bridgehead atoms. The molecule has 10 aromatic carbocycles. The van der Waals surface area contributed by atoms with Gasteiger partial charge in [-0.25, -0.2) is 15.0 Å². The second-order valence-electron chi connectivity index (χ2n) is 16.1. The number of para-hydroxylation sites is 3. The summed E-state index contributed by atoms with van der Waals surface area (Å²) in [4.78, 5) is 17.3. The summed E-state index contributed by atoms with van der Waals surface area (Å²) < 4.78 is 6.93. The van der Waals surface area contributed by atoms with Crippen LogP contribution in [0.3, 0.4) is 0 Å². The van der Waals surface area contributed by atoms with Crippen LogP contribution in [0.2, 0.25) is 0 Å². The standard InChI is InChI=1S/C57H36N6/c1-4-22-46(23-5-1)61-52-49(58-55(61)43-31-28-37-16-10-13-19-40(37)34-43)53-51(60-57(62(53)47-24-6-2-7-25-47)45-33-30-39-18-12-15-21-42(39)36-45)54-50(52)59-56(63(54)48-26-8-3-9-27-48)44-32-29-38-17-11-14-20-41(38)35-44/h1-36H. The molecule has 0 atom stereocenters. The van der Waals surface area contributed by atoms with Gasteiger partial charge in [-0.1, -0.05) is 164 Å². The van der Waals surface area contributed by atoms with Gasteiger partial charge in [0.05, 0.1) is 0 Å². The molecule has 0 saturated heterocycles. The second kappa shape index (κ2) is 14.0. The first-order valence-electron chi connectivity index (χ1n) is 21.3. The van der Waals surface area contributed by atoms with Gasteiger partial charge in [0.15, 0.2) is 0 Å². The van der Waals surface area contributed by atoms with Crippen LogP contribution in [0.25, 0.3) is 117 Å². The monoisotopic (exact) mass is 804 g/mol. The highest BCUT2D eigenvalue weighted by Crippen LogP contribution is 2.45. The molecule has 294 valence electrons. The molecular weight excluding hydrogens is 769 g/mol. The van der Waals surface area contributed by atoms with E-state index in [-0.39, 0.29) is 0 Å². The first-order valence-corrected chi connectivity index (χ1v) is 21.3. The zero-order valence-electron chi connectivity index (χ0n) is 34.0. The summed E-state index contributed by atoms with van der Waals surface area (Å²) in [5.41, 5.74) is 11.2. The van der Waals surface area contributed by atoms with E-state index >= 15 is 0 Å². The van der Waals surface area contributed by atoms with Crippen molar-refractivity contribution in [1.82, 2.24) is 28.7 Å². The Labute approximate surface area is 362 Å². The average Bonchev–Trinajstić information content (AvgIpc) is 4.07. The van der Waals surface area contributed by atoms with Crippen LogP contribution in [-0.4, -0.2) is 28.7 Å². The Balaban J connectivity index is 1.27. The van der Waals surface area contributed by atoms with Gasteiger partial charge in [-0.2, -0.15) is 0 Å². The van der Waals surface area contributed by atoms with Gasteiger partial charge < -0.3 is 0 Å². The predicted octanol–water partition coefficient (Wildman–Crippen LogP) is 14.2. The Morgan fingerprint density at radius 3 is 0.778 bits per heavy atom. The molecule has 0 fully saturated rings. The molecule has 3 aromatic heterocycles. The van der Waals surface area contributed by atoms with E-state index in [9.17, 15) is 0 Å². The van der Waals surface area contributed by atoms with Crippen LogP contribution in [0.15, 0.2) is 218 Å². The quantitative estimate of drug-likeness (QED) is 0.168. The van der Waals surface area contributed by atoms with E-state index in [1.54, 1.807) is 0 Å². The highest BCUT2D eigenvalue weighted by Gasteiger charge is 2.30. The number of nitrogens with zero attached hydrogens (tertiary/aromatic N) is 6. The number of rotatable bonds is 6. The highest BCUT2D eigenvalue weighted by atomic mass is 15.2. The average molecular weight is 805 g/mol. The van der Waals surface area contributed by atoms with E-state index < -0.39 is 0 Å². The third-order valence-electron chi connectivity index (χ3n) is 12.4. The van der Waals surface area contributed by atoms with Gasteiger partial charge in [-0.05, 0) is 86.9 Å². The Morgan fingerprint density at radius 2 is 0.492 bits per heavy atom. The number of benzene rings is 10. The zero-order valence-corrected chi connectivity index (χ0v) is 34.0. The SMILES string of the molecule is c1ccc(-n2c(-c3ccc4ccccc4c3)nc3c2c2nc(-c4ccc5ccccc5c4)n(-c4ccccc4)c2c2nc(-c4ccc5ccccc5c4)n(-c4ccccc4)c32)cc1. The van der Waals surface area contributed by atoms with E-state index in [0.29, 0.717) is 0 Å². The lowest BCUT2D eigenvalue weighted by atomic mass is 10.1. The fraction of sp³-hybridized carbons (Fsp3) is 0. The van der Waals surface area contributed by atoms with Crippen molar-refractivity contribution in [3.05, 3.63) is 218 Å². The topological polar surface area (TPSA) is 53.5 Å². The molecule has 63 heavy (non-hydrogen) atoms. The maximum atomic E-state index is 5.77. The maximum Gasteiger partial charge on any atom is 0.145 e. The van der Waals surface area contributed by atoms with Crippen molar-refractivity contribution in [3.63, 3.8) is 0 Å². The molecule has 6 nitrogen and oxygen atoms in total. The Bertz CT molecular complexity index is 3460. The van der Waals surface area contributed by atoms with Crippen LogP contribution < -0.4 is 0 Å².